The second-order valence-electron chi connectivity index (χ2n) is 5.75. The van der Waals surface area contributed by atoms with Crippen LogP contribution in [0.5, 0.6) is 11.5 Å². The standard InChI is InChI=1S/C21H16N2O2S/c24-20(19-13-16-7-5-11-22-21(16)26-19)23-14-15-6-4-10-18(12-15)25-17-8-2-1-3-9-17/h1-13H,14H2,(H,23,24). The van der Waals surface area contributed by atoms with Gasteiger partial charge in [-0.05, 0) is 42.0 Å². The number of carbonyl (C=O) groups excluding carboxylic acids is 1. The molecule has 0 spiro atoms. The number of rotatable bonds is 5. The lowest BCUT2D eigenvalue weighted by Gasteiger charge is -2.08. The maximum Gasteiger partial charge on any atom is 0.261 e. The Morgan fingerprint density at radius 1 is 0.962 bits per heavy atom. The third-order valence-corrected chi connectivity index (χ3v) is 4.91. The van der Waals surface area contributed by atoms with Crippen LogP contribution < -0.4 is 10.1 Å². The summed E-state index contributed by atoms with van der Waals surface area (Å²) < 4.78 is 5.83. The maximum absolute atomic E-state index is 12.4. The highest BCUT2D eigenvalue weighted by Gasteiger charge is 2.10. The van der Waals surface area contributed by atoms with Gasteiger partial charge >= 0.3 is 0 Å². The third-order valence-electron chi connectivity index (χ3n) is 3.85. The number of nitrogens with zero attached hydrogens (tertiary/aromatic N) is 1. The Morgan fingerprint density at radius 3 is 2.65 bits per heavy atom. The molecule has 0 radical (unpaired) electrons. The molecule has 4 rings (SSSR count). The van der Waals surface area contributed by atoms with E-state index < -0.39 is 0 Å². The fourth-order valence-electron chi connectivity index (χ4n) is 2.60. The summed E-state index contributed by atoms with van der Waals surface area (Å²) in [5, 5.41) is 3.94. The van der Waals surface area contributed by atoms with Crippen LogP contribution in [-0.2, 0) is 6.54 Å². The monoisotopic (exact) mass is 360 g/mol. The molecule has 4 aromatic rings. The number of ether oxygens (including phenoxy) is 1. The van der Waals surface area contributed by atoms with Gasteiger partial charge in [-0.15, -0.1) is 11.3 Å². The number of hydrogen-bond donors (Lipinski definition) is 1. The summed E-state index contributed by atoms with van der Waals surface area (Å²) >= 11 is 1.40. The fourth-order valence-corrected chi connectivity index (χ4v) is 3.52. The van der Waals surface area contributed by atoms with Crippen LogP contribution >= 0.6 is 11.3 Å². The number of amides is 1. The van der Waals surface area contributed by atoms with E-state index in [1.54, 1.807) is 6.20 Å². The number of pyridine rings is 1. The Hall–Kier alpha value is -3.18. The fraction of sp³-hybridized carbons (Fsp3) is 0.0476. The van der Waals surface area contributed by atoms with Gasteiger partial charge in [0, 0.05) is 18.1 Å². The predicted octanol–water partition coefficient (Wildman–Crippen LogP) is 5.02. The van der Waals surface area contributed by atoms with Crippen molar-refractivity contribution in [3.8, 4) is 11.5 Å². The second kappa shape index (κ2) is 7.37. The Kier molecular flexibility index (Phi) is 4.62. The Morgan fingerprint density at radius 2 is 1.81 bits per heavy atom. The minimum Gasteiger partial charge on any atom is -0.457 e. The summed E-state index contributed by atoms with van der Waals surface area (Å²) in [5.74, 6) is 1.43. The van der Waals surface area contributed by atoms with Crippen molar-refractivity contribution in [3.63, 3.8) is 0 Å². The van der Waals surface area contributed by atoms with Crippen molar-refractivity contribution in [2.24, 2.45) is 0 Å². The zero-order chi connectivity index (χ0) is 17.8. The van der Waals surface area contributed by atoms with Crippen molar-refractivity contribution in [1.29, 1.82) is 0 Å². The zero-order valence-corrected chi connectivity index (χ0v) is 14.7. The molecule has 0 aliphatic carbocycles. The van der Waals surface area contributed by atoms with Gasteiger partial charge in [-0.1, -0.05) is 36.4 Å². The van der Waals surface area contributed by atoms with E-state index in [1.807, 2.05) is 72.8 Å². The van der Waals surface area contributed by atoms with Crippen LogP contribution in [0.25, 0.3) is 10.2 Å². The molecule has 0 fully saturated rings. The van der Waals surface area contributed by atoms with Crippen molar-refractivity contribution in [2.45, 2.75) is 6.54 Å². The number of nitrogens with one attached hydrogen (secondary N) is 1. The first-order valence-corrected chi connectivity index (χ1v) is 9.04. The summed E-state index contributed by atoms with van der Waals surface area (Å²) in [7, 11) is 0. The van der Waals surface area contributed by atoms with Crippen LogP contribution in [0.1, 0.15) is 15.2 Å². The van der Waals surface area contributed by atoms with Crippen LogP contribution in [0.4, 0.5) is 0 Å². The van der Waals surface area contributed by atoms with E-state index in [1.165, 1.54) is 11.3 Å². The molecule has 5 heteroatoms. The van der Waals surface area contributed by atoms with Gasteiger partial charge in [-0.2, -0.15) is 0 Å². The van der Waals surface area contributed by atoms with Crippen molar-refractivity contribution in [2.75, 3.05) is 0 Å². The number of fused-ring (bicyclic) bond motifs is 1. The Bertz CT molecular complexity index is 1010. The molecule has 0 saturated heterocycles. The number of para-hydroxylation sites is 1. The van der Waals surface area contributed by atoms with Crippen LogP contribution in [-0.4, -0.2) is 10.9 Å². The number of benzene rings is 2. The predicted molar refractivity (Wildman–Crippen MR) is 104 cm³/mol. The molecule has 2 heterocycles. The first kappa shape index (κ1) is 16.3. The molecule has 26 heavy (non-hydrogen) atoms. The highest BCUT2D eigenvalue weighted by Crippen LogP contribution is 2.24. The highest BCUT2D eigenvalue weighted by atomic mass is 32.1. The van der Waals surface area contributed by atoms with Crippen LogP contribution in [0.3, 0.4) is 0 Å². The number of carbonyl (C=O) groups is 1. The first-order valence-electron chi connectivity index (χ1n) is 8.22. The molecule has 1 N–H and O–H groups in total. The molecule has 128 valence electrons. The summed E-state index contributed by atoms with van der Waals surface area (Å²) in [6.07, 6.45) is 1.73. The highest BCUT2D eigenvalue weighted by molar-refractivity contribution is 7.20. The number of hydrogen-bond acceptors (Lipinski definition) is 4. The molecule has 2 aromatic heterocycles. The van der Waals surface area contributed by atoms with Gasteiger partial charge < -0.3 is 10.1 Å². The second-order valence-corrected chi connectivity index (χ2v) is 6.78. The largest absolute Gasteiger partial charge is 0.457 e. The van der Waals surface area contributed by atoms with Gasteiger partial charge in [0.2, 0.25) is 0 Å². The maximum atomic E-state index is 12.4. The van der Waals surface area contributed by atoms with Crippen molar-refractivity contribution in [3.05, 3.63) is 89.4 Å². The molecular weight excluding hydrogens is 344 g/mol. The first-order chi connectivity index (χ1) is 12.8. The summed E-state index contributed by atoms with van der Waals surface area (Å²) in [6.45, 7) is 0.437. The molecular formula is C21H16N2O2S. The smallest absolute Gasteiger partial charge is 0.261 e. The zero-order valence-electron chi connectivity index (χ0n) is 13.9. The quantitative estimate of drug-likeness (QED) is 0.544. The average Bonchev–Trinajstić information content (AvgIpc) is 3.12. The summed E-state index contributed by atoms with van der Waals surface area (Å²) in [5.41, 5.74) is 0.978. The molecule has 4 nitrogen and oxygen atoms in total. The minimum atomic E-state index is -0.0950. The van der Waals surface area contributed by atoms with E-state index in [9.17, 15) is 4.79 Å². The molecule has 1 amide bonds. The SMILES string of the molecule is O=C(NCc1cccc(Oc2ccccc2)c1)c1cc2cccnc2s1. The van der Waals surface area contributed by atoms with Gasteiger partial charge in [0.1, 0.15) is 16.3 Å². The number of aromatic nitrogens is 1. The van der Waals surface area contributed by atoms with Gasteiger partial charge in [0.25, 0.3) is 5.91 Å². The van der Waals surface area contributed by atoms with Crippen molar-refractivity contribution >= 4 is 27.5 Å². The average molecular weight is 360 g/mol. The summed E-state index contributed by atoms with van der Waals surface area (Å²) in [4.78, 5) is 18.2. The molecule has 2 aromatic carbocycles. The normalized spacial score (nSPS) is 10.6. The third kappa shape index (κ3) is 3.73. The molecule has 0 bridgehead atoms. The van der Waals surface area contributed by atoms with Gasteiger partial charge in [0.15, 0.2) is 0 Å². The van der Waals surface area contributed by atoms with Crippen molar-refractivity contribution < 1.29 is 9.53 Å². The molecule has 0 atom stereocenters. The lowest BCUT2D eigenvalue weighted by atomic mass is 10.2. The lowest BCUT2D eigenvalue weighted by Crippen LogP contribution is -2.21. The minimum absolute atomic E-state index is 0.0950. The van der Waals surface area contributed by atoms with E-state index in [0.29, 0.717) is 11.4 Å². The number of thiophene rings is 1. The van der Waals surface area contributed by atoms with E-state index in [4.69, 9.17) is 4.74 Å². The molecule has 0 aliphatic rings. The molecule has 0 aliphatic heterocycles. The van der Waals surface area contributed by atoms with Gasteiger partial charge in [-0.3, -0.25) is 4.79 Å². The van der Waals surface area contributed by atoms with Crippen LogP contribution in [0.15, 0.2) is 79.0 Å². The topological polar surface area (TPSA) is 51.2 Å². The lowest BCUT2D eigenvalue weighted by molar-refractivity contribution is 0.0955. The van der Waals surface area contributed by atoms with Crippen LogP contribution in [0, 0.1) is 0 Å². The van der Waals surface area contributed by atoms with Gasteiger partial charge in [0.05, 0.1) is 4.88 Å². The van der Waals surface area contributed by atoms with E-state index in [0.717, 1.165) is 27.3 Å². The van der Waals surface area contributed by atoms with E-state index >= 15 is 0 Å². The van der Waals surface area contributed by atoms with Crippen molar-refractivity contribution in [1.82, 2.24) is 10.3 Å². The molecule has 0 unspecified atom stereocenters. The van der Waals surface area contributed by atoms with Gasteiger partial charge in [-0.25, -0.2) is 4.98 Å². The van der Waals surface area contributed by atoms with E-state index in [2.05, 4.69) is 10.3 Å². The summed E-state index contributed by atoms with van der Waals surface area (Å²) in [6, 6.07) is 23.0. The Labute approximate surface area is 155 Å². The molecule has 0 saturated carbocycles. The Balaban J connectivity index is 1.42. The van der Waals surface area contributed by atoms with E-state index in [-0.39, 0.29) is 5.91 Å². The van der Waals surface area contributed by atoms with Crippen LogP contribution in [0.2, 0.25) is 0 Å².